The van der Waals surface area contributed by atoms with Crippen LogP contribution in [-0.2, 0) is 6.54 Å². The van der Waals surface area contributed by atoms with Gasteiger partial charge in [0.2, 0.25) is 0 Å². The van der Waals surface area contributed by atoms with Crippen molar-refractivity contribution < 1.29 is 0 Å². The highest BCUT2D eigenvalue weighted by Gasteiger charge is 2.07. The minimum Gasteiger partial charge on any atom is -0.267 e. The molecule has 0 bridgehead atoms. The standard InChI is InChI=1S/C14H17N3Si/c1-18(2,3)9-6-14-10-16-17(12-14)11-13-4-7-15-8-5-13/h4-5,7-8,10,12H,11H2,1-3H3. The fraction of sp³-hybridized carbons (Fsp3) is 0.286. The van der Waals surface area contributed by atoms with Crippen molar-refractivity contribution in [2.24, 2.45) is 0 Å². The third kappa shape index (κ3) is 3.86. The lowest BCUT2D eigenvalue weighted by Crippen LogP contribution is -2.16. The van der Waals surface area contributed by atoms with E-state index in [-0.39, 0.29) is 0 Å². The molecule has 0 aliphatic rings. The predicted molar refractivity (Wildman–Crippen MR) is 75.8 cm³/mol. The van der Waals surface area contributed by atoms with Gasteiger partial charge in [0.05, 0.1) is 18.3 Å². The number of rotatable bonds is 2. The summed E-state index contributed by atoms with van der Waals surface area (Å²) in [5.41, 5.74) is 5.53. The summed E-state index contributed by atoms with van der Waals surface area (Å²) in [4.78, 5) is 4.00. The van der Waals surface area contributed by atoms with Gasteiger partial charge in [-0.15, -0.1) is 5.54 Å². The average Bonchev–Trinajstić information content (AvgIpc) is 2.75. The van der Waals surface area contributed by atoms with Crippen LogP contribution in [0.2, 0.25) is 19.6 Å². The van der Waals surface area contributed by atoms with Gasteiger partial charge < -0.3 is 0 Å². The molecule has 2 aromatic heterocycles. The van der Waals surface area contributed by atoms with Crippen molar-refractivity contribution in [3.63, 3.8) is 0 Å². The summed E-state index contributed by atoms with van der Waals surface area (Å²) < 4.78 is 1.91. The van der Waals surface area contributed by atoms with Gasteiger partial charge in [0.1, 0.15) is 8.07 Å². The molecule has 0 N–H and O–H groups in total. The molecule has 0 aliphatic carbocycles. The summed E-state index contributed by atoms with van der Waals surface area (Å²) in [6.45, 7) is 7.47. The molecule has 2 aromatic rings. The molecule has 0 fully saturated rings. The van der Waals surface area contributed by atoms with Crippen LogP contribution in [0.1, 0.15) is 11.1 Å². The molecule has 4 heteroatoms. The highest BCUT2D eigenvalue weighted by molar-refractivity contribution is 6.83. The maximum Gasteiger partial charge on any atom is 0.129 e. The number of nitrogens with zero attached hydrogens (tertiary/aromatic N) is 3. The van der Waals surface area contributed by atoms with Crippen LogP contribution in [0.15, 0.2) is 36.9 Å². The molecule has 18 heavy (non-hydrogen) atoms. The van der Waals surface area contributed by atoms with Crippen LogP contribution in [-0.4, -0.2) is 22.8 Å². The van der Waals surface area contributed by atoms with E-state index in [1.807, 2.05) is 29.2 Å². The van der Waals surface area contributed by atoms with Crippen LogP contribution in [0, 0.1) is 11.5 Å². The van der Waals surface area contributed by atoms with E-state index in [0.717, 1.165) is 12.1 Å². The van der Waals surface area contributed by atoms with E-state index in [0.29, 0.717) is 0 Å². The minimum absolute atomic E-state index is 0.761. The van der Waals surface area contributed by atoms with E-state index in [9.17, 15) is 0 Å². The normalized spacial score (nSPS) is 10.8. The van der Waals surface area contributed by atoms with Crippen LogP contribution < -0.4 is 0 Å². The van der Waals surface area contributed by atoms with Gasteiger partial charge >= 0.3 is 0 Å². The molecule has 0 radical (unpaired) electrons. The average molecular weight is 255 g/mol. The number of aromatic nitrogens is 3. The molecule has 0 unspecified atom stereocenters. The van der Waals surface area contributed by atoms with E-state index in [4.69, 9.17) is 0 Å². The molecule has 0 saturated heterocycles. The second-order valence-electron chi connectivity index (χ2n) is 5.28. The maximum atomic E-state index is 4.32. The van der Waals surface area contributed by atoms with Gasteiger partial charge in [0.15, 0.2) is 0 Å². The summed E-state index contributed by atoms with van der Waals surface area (Å²) in [6, 6.07) is 3.99. The van der Waals surface area contributed by atoms with Crippen LogP contribution in [0.4, 0.5) is 0 Å². The lowest BCUT2D eigenvalue weighted by Gasteiger charge is -2.02. The van der Waals surface area contributed by atoms with Gasteiger partial charge in [0, 0.05) is 18.6 Å². The molecule has 2 heterocycles. The van der Waals surface area contributed by atoms with Gasteiger partial charge in [-0.2, -0.15) is 5.10 Å². The largest absolute Gasteiger partial charge is 0.267 e. The van der Waals surface area contributed by atoms with Crippen molar-refractivity contribution in [1.82, 2.24) is 14.8 Å². The van der Waals surface area contributed by atoms with Crippen molar-refractivity contribution in [2.75, 3.05) is 0 Å². The summed E-state index contributed by atoms with van der Waals surface area (Å²) >= 11 is 0. The second-order valence-corrected chi connectivity index (χ2v) is 10.0. The number of hydrogen-bond donors (Lipinski definition) is 0. The summed E-state index contributed by atoms with van der Waals surface area (Å²) in [7, 11) is -1.31. The zero-order chi connectivity index (χ0) is 13.0. The second kappa shape index (κ2) is 5.19. The molecule has 0 amide bonds. The topological polar surface area (TPSA) is 30.7 Å². The highest BCUT2D eigenvalue weighted by Crippen LogP contribution is 2.03. The van der Waals surface area contributed by atoms with Gasteiger partial charge in [-0.1, -0.05) is 25.6 Å². The molecule has 3 nitrogen and oxygen atoms in total. The van der Waals surface area contributed by atoms with Crippen molar-refractivity contribution in [1.29, 1.82) is 0 Å². The minimum atomic E-state index is -1.31. The molecular formula is C14H17N3Si. The lowest BCUT2D eigenvalue weighted by molar-refractivity contribution is 0.686. The highest BCUT2D eigenvalue weighted by atomic mass is 28.3. The zero-order valence-corrected chi connectivity index (χ0v) is 12.0. The molecule has 0 aromatic carbocycles. The fourth-order valence-electron chi connectivity index (χ4n) is 1.45. The Bertz CT molecular complexity index is 570. The van der Waals surface area contributed by atoms with Gasteiger partial charge in [-0.25, -0.2) is 0 Å². The SMILES string of the molecule is C[Si](C)(C)C#Cc1cnn(Cc2ccncc2)c1. The Balaban J connectivity index is 2.09. The zero-order valence-electron chi connectivity index (χ0n) is 11.0. The Morgan fingerprint density at radius 3 is 2.61 bits per heavy atom. The smallest absolute Gasteiger partial charge is 0.129 e. The summed E-state index contributed by atoms with van der Waals surface area (Å²) in [6.07, 6.45) is 7.41. The molecule has 0 saturated carbocycles. The van der Waals surface area contributed by atoms with E-state index < -0.39 is 8.07 Å². The monoisotopic (exact) mass is 255 g/mol. The van der Waals surface area contributed by atoms with Gasteiger partial charge in [-0.3, -0.25) is 9.67 Å². The number of pyridine rings is 1. The molecular weight excluding hydrogens is 238 g/mol. The van der Waals surface area contributed by atoms with Crippen molar-refractivity contribution in [2.45, 2.75) is 26.2 Å². The third-order valence-electron chi connectivity index (χ3n) is 2.31. The Morgan fingerprint density at radius 1 is 1.22 bits per heavy atom. The molecule has 2 rings (SSSR count). The fourth-order valence-corrected chi connectivity index (χ4v) is 1.97. The quantitative estimate of drug-likeness (QED) is 0.610. The van der Waals surface area contributed by atoms with E-state index in [2.05, 4.69) is 41.2 Å². The van der Waals surface area contributed by atoms with Crippen LogP contribution in [0.5, 0.6) is 0 Å². The first-order valence-corrected chi connectivity index (χ1v) is 9.47. The van der Waals surface area contributed by atoms with Crippen LogP contribution in [0.25, 0.3) is 0 Å². The first-order valence-electron chi connectivity index (χ1n) is 5.97. The number of hydrogen-bond acceptors (Lipinski definition) is 2. The van der Waals surface area contributed by atoms with Crippen molar-refractivity contribution in [3.8, 4) is 11.5 Å². The molecule has 0 atom stereocenters. The first-order chi connectivity index (χ1) is 8.53. The molecule has 0 spiro atoms. The Labute approximate surface area is 109 Å². The first kappa shape index (κ1) is 12.6. The van der Waals surface area contributed by atoms with Gasteiger partial charge in [0.25, 0.3) is 0 Å². The lowest BCUT2D eigenvalue weighted by atomic mass is 10.3. The van der Waals surface area contributed by atoms with Crippen molar-refractivity contribution >= 4 is 8.07 Å². The Kier molecular flexibility index (Phi) is 3.63. The van der Waals surface area contributed by atoms with Crippen LogP contribution in [0.3, 0.4) is 0 Å². The summed E-state index contributed by atoms with van der Waals surface area (Å²) in [5.74, 6) is 3.21. The van der Waals surface area contributed by atoms with E-state index >= 15 is 0 Å². The van der Waals surface area contributed by atoms with Crippen LogP contribution >= 0.6 is 0 Å². The molecule has 92 valence electrons. The Hall–Kier alpha value is -1.86. The van der Waals surface area contributed by atoms with E-state index in [1.54, 1.807) is 12.4 Å². The molecule has 0 aliphatic heterocycles. The van der Waals surface area contributed by atoms with Gasteiger partial charge in [-0.05, 0) is 17.7 Å². The predicted octanol–water partition coefficient (Wildman–Crippen LogP) is 2.56. The third-order valence-corrected chi connectivity index (χ3v) is 3.18. The van der Waals surface area contributed by atoms with Crippen molar-refractivity contribution in [3.05, 3.63) is 48.0 Å². The Morgan fingerprint density at radius 2 is 1.94 bits per heavy atom. The summed E-state index contributed by atoms with van der Waals surface area (Å²) in [5, 5.41) is 4.32. The van der Waals surface area contributed by atoms with E-state index in [1.165, 1.54) is 5.56 Å². The maximum absolute atomic E-state index is 4.32.